The van der Waals surface area contributed by atoms with Gasteiger partial charge in [-0.25, -0.2) is 26.8 Å². The summed E-state index contributed by atoms with van der Waals surface area (Å²) in [5.74, 6) is -2.49. The number of amides is 2. The van der Waals surface area contributed by atoms with E-state index in [1.807, 2.05) is 0 Å². The van der Waals surface area contributed by atoms with Crippen LogP contribution in [0.3, 0.4) is 0 Å². The number of alkyl halides is 1. The van der Waals surface area contributed by atoms with Crippen molar-refractivity contribution < 1.29 is 36.3 Å². The van der Waals surface area contributed by atoms with Gasteiger partial charge in [-0.15, -0.1) is 6.58 Å². The van der Waals surface area contributed by atoms with Crippen LogP contribution in [0, 0.1) is 5.82 Å². The van der Waals surface area contributed by atoms with E-state index in [9.17, 15) is 22.4 Å². The zero-order valence-electron chi connectivity index (χ0n) is 22.0. The van der Waals surface area contributed by atoms with Crippen molar-refractivity contribution in [3.05, 3.63) is 46.7 Å². The Morgan fingerprint density at radius 2 is 1.68 bits per heavy atom. The molecule has 0 fully saturated rings. The molecule has 37 heavy (non-hydrogen) atoms. The van der Waals surface area contributed by atoms with Gasteiger partial charge in [0.25, 0.3) is 0 Å². The molecule has 2 rings (SSSR count). The Bertz CT molecular complexity index is 1190. The summed E-state index contributed by atoms with van der Waals surface area (Å²) in [6.07, 6.45) is -1.58. The van der Waals surface area contributed by atoms with Gasteiger partial charge >= 0.3 is 12.2 Å². The lowest BCUT2D eigenvalue weighted by Crippen LogP contribution is -2.63. The van der Waals surface area contributed by atoms with Gasteiger partial charge in [-0.3, -0.25) is 4.99 Å². The number of rotatable bonds is 4. The number of aliphatic imine (C=N–C) groups is 1. The van der Waals surface area contributed by atoms with Gasteiger partial charge in [-0.1, -0.05) is 22.0 Å². The first-order chi connectivity index (χ1) is 16.7. The Morgan fingerprint density at radius 1 is 1.16 bits per heavy atom. The monoisotopic (exact) mass is 606 g/mol. The second kappa shape index (κ2) is 10.4. The van der Waals surface area contributed by atoms with Gasteiger partial charge in [0.05, 0.1) is 5.75 Å². The normalized spacial score (nSPS) is 23.6. The molecule has 0 spiro atoms. The first kappa shape index (κ1) is 30.9. The van der Waals surface area contributed by atoms with Crippen LogP contribution in [-0.2, 0) is 24.8 Å². The van der Waals surface area contributed by atoms with E-state index in [0.29, 0.717) is 9.37 Å². The lowest BCUT2D eigenvalue weighted by Gasteiger charge is -2.43. The van der Waals surface area contributed by atoms with Gasteiger partial charge in [0.1, 0.15) is 39.8 Å². The number of halogens is 3. The number of benzene rings is 1. The molecule has 1 aromatic rings. The van der Waals surface area contributed by atoms with Crippen molar-refractivity contribution in [1.29, 1.82) is 0 Å². The number of ether oxygens (including phenoxy) is 2. The highest BCUT2D eigenvalue weighted by molar-refractivity contribution is 9.10. The smallest absolute Gasteiger partial charge is 0.425 e. The number of imide groups is 1. The third kappa shape index (κ3) is 6.57. The Hall–Kier alpha value is -2.34. The zero-order valence-corrected chi connectivity index (χ0v) is 24.4. The van der Waals surface area contributed by atoms with Crippen molar-refractivity contribution in [2.24, 2.45) is 4.99 Å². The van der Waals surface area contributed by atoms with Gasteiger partial charge in [0, 0.05) is 10.0 Å². The number of carbonyl (C=O) groups is 2. The van der Waals surface area contributed by atoms with Gasteiger partial charge < -0.3 is 9.47 Å². The van der Waals surface area contributed by atoms with E-state index in [1.54, 1.807) is 41.5 Å². The Balaban J connectivity index is 2.99. The molecule has 1 aliphatic rings. The number of nitrogens with zero attached hydrogens (tertiary/aromatic N) is 2. The van der Waals surface area contributed by atoms with Crippen molar-refractivity contribution in [1.82, 2.24) is 4.90 Å². The highest BCUT2D eigenvalue weighted by Gasteiger charge is 2.58. The Morgan fingerprint density at radius 3 is 2.11 bits per heavy atom. The van der Waals surface area contributed by atoms with Gasteiger partial charge in [-0.2, -0.15) is 4.90 Å². The molecular formula is C25H33BrF2N2O6S. The molecule has 2 amide bonds. The molecular weight excluding hydrogens is 574 g/mol. The van der Waals surface area contributed by atoms with Crippen LogP contribution in [0.25, 0.3) is 0 Å². The van der Waals surface area contributed by atoms with E-state index in [-0.39, 0.29) is 12.0 Å². The van der Waals surface area contributed by atoms with Crippen LogP contribution < -0.4 is 0 Å². The summed E-state index contributed by atoms with van der Waals surface area (Å²) in [5.41, 5.74) is -4.87. The van der Waals surface area contributed by atoms with E-state index in [4.69, 9.17) is 9.47 Å². The molecule has 0 aromatic heterocycles. The molecule has 1 aliphatic heterocycles. The summed E-state index contributed by atoms with van der Waals surface area (Å²) >= 11 is 3.19. The minimum Gasteiger partial charge on any atom is -0.443 e. The molecule has 206 valence electrons. The molecule has 1 heterocycles. The Kier molecular flexibility index (Phi) is 8.71. The number of carbonyl (C=O) groups excluding carboxylic acids is 2. The summed E-state index contributed by atoms with van der Waals surface area (Å²) in [5, 5.41) is 0. The summed E-state index contributed by atoms with van der Waals surface area (Å²) in [4.78, 5) is 31.5. The van der Waals surface area contributed by atoms with Crippen LogP contribution in [0.15, 0.2) is 40.3 Å². The quantitative estimate of drug-likeness (QED) is 0.384. The van der Waals surface area contributed by atoms with E-state index >= 15 is 4.39 Å². The fourth-order valence-electron chi connectivity index (χ4n) is 3.74. The van der Waals surface area contributed by atoms with E-state index in [0.717, 1.165) is 6.07 Å². The molecule has 0 aliphatic carbocycles. The second-order valence-electron chi connectivity index (χ2n) is 11.0. The zero-order chi connectivity index (χ0) is 28.6. The molecule has 1 aromatic carbocycles. The molecule has 0 radical (unpaired) electrons. The third-order valence-electron chi connectivity index (χ3n) is 5.46. The minimum absolute atomic E-state index is 0.292. The number of sulfone groups is 1. The van der Waals surface area contributed by atoms with Crippen LogP contribution in [0.1, 0.15) is 60.5 Å². The summed E-state index contributed by atoms with van der Waals surface area (Å²) in [7, 11) is -4.41. The van der Waals surface area contributed by atoms with Crippen molar-refractivity contribution in [3.63, 3.8) is 0 Å². The number of amidine groups is 1. The lowest BCUT2D eigenvalue weighted by atomic mass is 9.91. The van der Waals surface area contributed by atoms with Gasteiger partial charge in [-0.05, 0) is 73.1 Å². The molecule has 0 saturated heterocycles. The minimum atomic E-state index is -4.41. The van der Waals surface area contributed by atoms with Crippen LogP contribution >= 0.6 is 15.9 Å². The number of hydrogen-bond donors (Lipinski definition) is 0. The maximum atomic E-state index is 15.0. The number of hydrogen-bond acceptors (Lipinski definition) is 7. The molecule has 8 nitrogen and oxygen atoms in total. The highest BCUT2D eigenvalue weighted by Crippen LogP contribution is 2.43. The average Bonchev–Trinajstić information content (AvgIpc) is 2.70. The van der Waals surface area contributed by atoms with Crippen LogP contribution in [0.2, 0.25) is 0 Å². The predicted molar refractivity (Wildman–Crippen MR) is 141 cm³/mol. The summed E-state index contributed by atoms with van der Waals surface area (Å²) in [6.45, 7) is 12.7. The van der Waals surface area contributed by atoms with Crippen molar-refractivity contribution in [2.45, 2.75) is 76.4 Å². The van der Waals surface area contributed by atoms with E-state index in [2.05, 4.69) is 27.5 Å². The molecule has 12 heteroatoms. The molecule has 0 saturated carbocycles. The topological polar surface area (TPSA) is 102 Å². The molecule has 0 bridgehead atoms. The molecule has 0 unspecified atom stereocenters. The standard InChI is InChI=1S/C25H33BrF2N2O6S/c1-9-12-24(8)19(30(20(31)35-22(2,3)4)21(32)36-23(5,6)7)29-25(14-27,15-37(24,33)34)17-13-16(26)10-11-18(17)28/h9-11,13H,1,12,14-15H2,2-8H3/t24-,25+/m1/s1. The molecule has 2 atom stereocenters. The SMILES string of the molecule is C=CC[C@]1(C)C(N(C(=O)OC(C)(C)C)C(=O)OC(C)(C)C)=N[C@](CF)(c2cc(Br)ccc2F)CS1(=O)=O. The van der Waals surface area contributed by atoms with Crippen molar-refractivity contribution in [3.8, 4) is 0 Å². The second-order valence-corrected chi connectivity index (χ2v) is 14.3. The maximum Gasteiger partial charge on any atom is 0.425 e. The highest BCUT2D eigenvalue weighted by atomic mass is 79.9. The predicted octanol–water partition coefficient (Wildman–Crippen LogP) is 6.09. The number of allylic oxidation sites excluding steroid dienone is 1. The first-order valence-corrected chi connectivity index (χ1v) is 13.9. The summed E-state index contributed by atoms with van der Waals surface area (Å²) in [6, 6.07) is 3.62. The fraction of sp³-hybridized carbons (Fsp3) is 0.560. The van der Waals surface area contributed by atoms with Crippen molar-refractivity contribution in [2.75, 3.05) is 12.4 Å². The van der Waals surface area contributed by atoms with Crippen LogP contribution in [-0.4, -0.2) is 59.7 Å². The van der Waals surface area contributed by atoms with Gasteiger partial charge in [0.2, 0.25) is 0 Å². The lowest BCUT2D eigenvalue weighted by molar-refractivity contribution is 0.0138. The van der Waals surface area contributed by atoms with E-state index < -0.39 is 67.6 Å². The molecule has 0 N–H and O–H groups in total. The van der Waals surface area contributed by atoms with E-state index in [1.165, 1.54) is 25.1 Å². The Labute approximate surface area is 225 Å². The van der Waals surface area contributed by atoms with Gasteiger partial charge in [0.15, 0.2) is 9.84 Å². The summed E-state index contributed by atoms with van der Waals surface area (Å²) < 4.78 is 66.6. The maximum absolute atomic E-state index is 15.0. The third-order valence-corrected chi connectivity index (χ3v) is 8.53. The van der Waals surface area contributed by atoms with Crippen LogP contribution in [0.4, 0.5) is 18.4 Å². The van der Waals surface area contributed by atoms with Crippen molar-refractivity contribution >= 4 is 43.8 Å². The fourth-order valence-corrected chi connectivity index (χ4v) is 6.13. The largest absolute Gasteiger partial charge is 0.443 e. The first-order valence-electron chi connectivity index (χ1n) is 11.4. The average molecular weight is 608 g/mol. The van der Waals surface area contributed by atoms with Crippen LogP contribution in [0.5, 0.6) is 0 Å².